The average molecular weight is 280 g/mol. The summed E-state index contributed by atoms with van der Waals surface area (Å²) < 4.78 is 17.9. The molecule has 20 heavy (non-hydrogen) atoms. The standard InChI is InChI=1S/C14H17FN2O3/c1-20-14(19)11-5-4-10(15)7-12(11)17-13(18)9-3-2-6-16-8-9/h4-5,7,9,16H,2-3,6,8H2,1H3,(H,17,18)/t9-/m0/s1. The van der Waals surface area contributed by atoms with Gasteiger partial charge in [-0.15, -0.1) is 0 Å². The van der Waals surface area contributed by atoms with Gasteiger partial charge in [0.05, 0.1) is 24.3 Å². The van der Waals surface area contributed by atoms with Crippen molar-refractivity contribution < 1.29 is 18.7 Å². The van der Waals surface area contributed by atoms with Crippen LogP contribution in [0.2, 0.25) is 0 Å². The highest BCUT2D eigenvalue weighted by Gasteiger charge is 2.23. The highest BCUT2D eigenvalue weighted by Crippen LogP contribution is 2.20. The van der Waals surface area contributed by atoms with Crippen molar-refractivity contribution in [2.75, 3.05) is 25.5 Å². The number of hydrogen-bond acceptors (Lipinski definition) is 4. The van der Waals surface area contributed by atoms with Gasteiger partial charge in [0.25, 0.3) is 0 Å². The largest absolute Gasteiger partial charge is 0.465 e. The number of amides is 1. The van der Waals surface area contributed by atoms with Crippen molar-refractivity contribution in [1.82, 2.24) is 5.32 Å². The Labute approximate surface area is 116 Å². The van der Waals surface area contributed by atoms with E-state index in [9.17, 15) is 14.0 Å². The van der Waals surface area contributed by atoms with Crippen LogP contribution in [0.3, 0.4) is 0 Å². The molecule has 2 rings (SSSR count). The number of benzene rings is 1. The second-order valence-electron chi connectivity index (χ2n) is 4.71. The number of piperidine rings is 1. The zero-order valence-corrected chi connectivity index (χ0v) is 11.2. The molecule has 1 aromatic rings. The number of esters is 1. The first-order valence-electron chi connectivity index (χ1n) is 6.51. The van der Waals surface area contributed by atoms with E-state index in [1.54, 1.807) is 0 Å². The van der Waals surface area contributed by atoms with Crippen molar-refractivity contribution >= 4 is 17.6 Å². The number of carbonyl (C=O) groups excluding carboxylic acids is 2. The molecule has 2 N–H and O–H groups in total. The molecule has 1 saturated heterocycles. The van der Waals surface area contributed by atoms with E-state index in [2.05, 4.69) is 15.4 Å². The average Bonchev–Trinajstić information content (AvgIpc) is 2.47. The lowest BCUT2D eigenvalue weighted by Gasteiger charge is -2.22. The summed E-state index contributed by atoms with van der Waals surface area (Å²) in [5.41, 5.74) is 0.290. The van der Waals surface area contributed by atoms with Crippen molar-refractivity contribution in [3.63, 3.8) is 0 Å². The van der Waals surface area contributed by atoms with Crippen molar-refractivity contribution in [1.29, 1.82) is 0 Å². The first-order chi connectivity index (χ1) is 9.61. The van der Waals surface area contributed by atoms with Crippen LogP contribution in [0.15, 0.2) is 18.2 Å². The molecule has 0 aromatic heterocycles. The number of methoxy groups -OCH3 is 1. The number of hydrogen-bond donors (Lipinski definition) is 2. The molecule has 0 bridgehead atoms. The fraction of sp³-hybridized carbons (Fsp3) is 0.429. The van der Waals surface area contributed by atoms with E-state index in [1.165, 1.54) is 13.2 Å². The minimum absolute atomic E-state index is 0.144. The van der Waals surface area contributed by atoms with Gasteiger partial charge in [0, 0.05) is 6.54 Å². The molecular weight excluding hydrogens is 263 g/mol. The monoisotopic (exact) mass is 280 g/mol. The molecule has 0 saturated carbocycles. The Morgan fingerprint density at radius 3 is 2.90 bits per heavy atom. The molecule has 1 heterocycles. The Morgan fingerprint density at radius 2 is 2.25 bits per heavy atom. The summed E-state index contributed by atoms with van der Waals surface area (Å²) >= 11 is 0. The number of halogens is 1. The fourth-order valence-corrected chi connectivity index (χ4v) is 2.22. The van der Waals surface area contributed by atoms with Crippen LogP contribution >= 0.6 is 0 Å². The molecule has 0 unspecified atom stereocenters. The van der Waals surface area contributed by atoms with Crippen molar-refractivity contribution in [3.05, 3.63) is 29.6 Å². The second kappa shape index (κ2) is 6.47. The van der Waals surface area contributed by atoms with E-state index < -0.39 is 11.8 Å². The zero-order valence-electron chi connectivity index (χ0n) is 11.2. The Kier molecular flexibility index (Phi) is 4.68. The summed E-state index contributed by atoms with van der Waals surface area (Å²) in [5, 5.41) is 5.75. The maximum Gasteiger partial charge on any atom is 0.339 e. The third-order valence-electron chi connectivity index (χ3n) is 3.31. The van der Waals surface area contributed by atoms with Crippen molar-refractivity contribution in [2.45, 2.75) is 12.8 Å². The molecule has 0 spiro atoms. The van der Waals surface area contributed by atoms with Crippen LogP contribution in [0, 0.1) is 11.7 Å². The number of carbonyl (C=O) groups is 2. The van der Waals surface area contributed by atoms with Crippen LogP contribution in [-0.2, 0) is 9.53 Å². The minimum Gasteiger partial charge on any atom is -0.465 e. The Balaban J connectivity index is 2.16. The van der Waals surface area contributed by atoms with E-state index in [0.717, 1.165) is 31.5 Å². The van der Waals surface area contributed by atoms with E-state index in [0.29, 0.717) is 6.54 Å². The summed E-state index contributed by atoms with van der Waals surface area (Å²) in [6.07, 6.45) is 1.70. The third-order valence-corrected chi connectivity index (χ3v) is 3.31. The SMILES string of the molecule is COC(=O)c1ccc(F)cc1NC(=O)[C@H]1CCCNC1. The fourth-order valence-electron chi connectivity index (χ4n) is 2.22. The summed E-state index contributed by atoms with van der Waals surface area (Å²) in [6.45, 7) is 1.49. The predicted molar refractivity (Wildman–Crippen MR) is 72.0 cm³/mol. The summed E-state index contributed by atoms with van der Waals surface area (Å²) in [5.74, 6) is -1.51. The smallest absolute Gasteiger partial charge is 0.339 e. The quantitative estimate of drug-likeness (QED) is 0.824. The maximum absolute atomic E-state index is 13.3. The van der Waals surface area contributed by atoms with Crippen molar-refractivity contribution in [2.24, 2.45) is 5.92 Å². The molecule has 0 aliphatic carbocycles. The van der Waals surface area contributed by atoms with Gasteiger partial charge in [-0.1, -0.05) is 0 Å². The van der Waals surface area contributed by atoms with E-state index in [-0.39, 0.29) is 23.1 Å². The van der Waals surface area contributed by atoms with Crippen LogP contribution in [-0.4, -0.2) is 32.1 Å². The van der Waals surface area contributed by atoms with Gasteiger partial charge in [-0.2, -0.15) is 0 Å². The van der Waals surface area contributed by atoms with Gasteiger partial charge in [0.1, 0.15) is 5.82 Å². The first kappa shape index (κ1) is 14.5. The second-order valence-corrected chi connectivity index (χ2v) is 4.71. The molecule has 1 aliphatic rings. The molecule has 1 atom stereocenters. The number of ether oxygens (including phenoxy) is 1. The first-order valence-corrected chi connectivity index (χ1v) is 6.51. The normalized spacial score (nSPS) is 18.4. The van der Waals surface area contributed by atoms with Crippen LogP contribution in [0.5, 0.6) is 0 Å². The van der Waals surface area contributed by atoms with Crippen LogP contribution in [0.4, 0.5) is 10.1 Å². The molecule has 1 aliphatic heterocycles. The Morgan fingerprint density at radius 1 is 1.45 bits per heavy atom. The molecule has 1 fully saturated rings. The highest BCUT2D eigenvalue weighted by atomic mass is 19.1. The predicted octanol–water partition coefficient (Wildman–Crippen LogP) is 1.55. The van der Waals surface area contributed by atoms with Crippen LogP contribution in [0.1, 0.15) is 23.2 Å². The molecule has 0 radical (unpaired) electrons. The zero-order chi connectivity index (χ0) is 14.5. The maximum atomic E-state index is 13.3. The van der Waals surface area contributed by atoms with Gasteiger partial charge < -0.3 is 15.4 Å². The van der Waals surface area contributed by atoms with Gasteiger partial charge >= 0.3 is 5.97 Å². The van der Waals surface area contributed by atoms with Gasteiger partial charge in [-0.25, -0.2) is 9.18 Å². The topological polar surface area (TPSA) is 67.4 Å². The third kappa shape index (κ3) is 3.33. The molecule has 6 heteroatoms. The molecule has 1 aromatic carbocycles. The highest BCUT2D eigenvalue weighted by molar-refractivity contribution is 6.01. The number of anilines is 1. The molecular formula is C14H17FN2O3. The van der Waals surface area contributed by atoms with Crippen LogP contribution in [0.25, 0.3) is 0 Å². The lowest BCUT2D eigenvalue weighted by Crippen LogP contribution is -2.37. The number of nitrogens with one attached hydrogen (secondary N) is 2. The lowest BCUT2D eigenvalue weighted by atomic mass is 9.98. The number of rotatable bonds is 3. The Hall–Kier alpha value is -1.95. The van der Waals surface area contributed by atoms with E-state index in [1.807, 2.05) is 0 Å². The van der Waals surface area contributed by atoms with E-state index >= 15 is 0 Å². The minimum atomic E-state index is -0.609. The van der Waals surface area contributed by atoms with Gasteiger partial charge in [-0.05, 0) is 37.6 Å². The summed E-state index contributed by atoms with van der Waals surface area (Å²) in [7, 11) is 1.24. The van der Waals surface area contributed by atoms with Gasteiger partial charge in [-0.3, -0.25) is 4.79 Å². The van der Waals surface area contributed by atoms with E-state index in [4.69, 9.17) is 0 Å². The van der Waals surface area contributed by atoms with Crippen LogP contribution < -0.4 is 10.6 Å². The summed E-state index contributed by atoms with van der Waals surface area (Å²) in [6, 6.07) is 3.58. The molecule has 108 valence electrons. The Bertz CT molecular complexity index is 513. The van der Waals surface area contributed by atoms with Gasteiger partial charge in [0.15, 0.2) is 0 Å². The van der Waals surface area contributed by atoms with Crippen molar-refractivity contribution in [3.8, 4) is 0 Å². The molecule has 1 amide bonds. The molecule has 5 nitrogen and oxygen atoms in total. The summed E-state index contributed by atoms with van der Waals surface area (Å²) in [4.78, 5) is 23.7. The lowest BCUT2D eigenvalue weighted by molar-refractivity contribution is -0.120. The van der Waals surface area contributed by atoms with Gasteiger partial charge in [0.2, 0.25) is 5.91 Å².